The zero-order valence-electron chi connectivity index (χ0n) is 11.3. The minimum atomic E-state index is -0.880. The minimum Gasteiger partial charge on any atom is -0.0919 e. The molecule has 0 saturated heterocycles. The lowest BCUT2D eigenvalue weighted by atomic mass is 10.1. The lowest BCUT2D eigenvalue weighted by Gasteiger charge is -2.20. The summed E-state index contributed by atoms with van der Waals surface area (Å²) in [4.78, 5) is 0. The molecule has 1 heteroatoms. The fraction of sp³-hybridized carbons (Fsp3) is 0.857. The molecule has 0 bridgehead atoms. The molecule has 0 aromatic carbocycles. The molecule has 0 aromatic heterocycles. The molecule has 0 aliphatic rings. The number of unbranched alkanes of at least 4 members (excludes halogenated alkanes) is 5. The summed E-state index contributed by atoms with van der Waals surface area (Å²) < 4.78 is 0. The fourth-order valence-electron chi connectivity index (χ4n) is 1.92. The van der Waals surface area contributed by atoms with Crippen LogP contribution in [-0.2, 0) is 0 Å². The quantitative estimate of drug-likeness (QED) is 0.271. The number of allylic oxidation sites excluding steroid dienone is 2. The van der Waals surface area contributed by atoms with Crippen molar-refractivity contribution in [3.05, 3.63) is 12.2 Å². The van der Waals surface area contributed by atoms with E-state index >= 15 is 0 Å². The van der Waals surface area contributed by atoms with Crippen LogP contribution >= 0.6 is 0 Å². The van der Waals surface area contributed by atoms with E-state index in [1.54, 1.807) is 0 Å². The summed E-state index contributed by atoms with van der Waals surface area (Å²) in [5.74, 6) is 0. The molecule has 90 valence electrons. The van der Waals surface area contributed by atoms with E-state index in [1.807, 2.05) is 0 Å². The Morgan fingerprint density at radius 2 is 1.53 bits per heavy atom. The molecule has 0 rings (SSSR count). The molecule has 0 amide bonds. The summed E-state index contributed by atoms with van der Waals surface area (Å²) in [7, 11) is -0.880. The lowest BCUT2D eigenvalue weighted by molar-refractivity contribution is 0.622. The largest absolute Gasteiger partial charge is 0.0919 e. The first-order chi connectivity index (χ1) is 7.12. The highest BCUT2D eigenvalue weighted by Gasteiger charge is 2.17. The number of rotatable bonds is 9. The first-order valence-corrected chi connectivity index (χ1v) is 10.1. The van der Waals surface area contributed by atoms with Gasteiger partial charge in [-0.1, -0.05) is 76.7 Å². The van der Waals surface area contributed by atoms with Crippen molar-refractivity contribution in [3.8, 4) is 0 Å². The Kier molecular flexibility index (Phi) is 9.18. The van der Waals surface area contributed by atoms with Gasteiger partial charge in [-0.3, -0.25) is 0 Å². The van der Waals surface area contributed by atoms with Crippen LogP contribution in [0.1, 0.15) is 52.4 Å². The third kappa shape index (κ3) is 10.2. The Labute approximate surface area is 98.2 Å². The van der Waals surface area contributed by atoms with Gasteiger partial charge in [0.2, 0.25) is 0 Å². The van der Waals surface area contributed by atoms with Crippen LogP contribution in [0.25, 0.3) is 0 Å². The van der Waals surface area contributed by atoms with Crippen molar-refractivity contribution in [1.29, 1.82) is 0 Å². The Morgan fingerprint density at radius 1 is 0.933 bits per heavy atom. The summed E-state index contributed by atoms with van der Waals surface area (Å²) in [6.07, 6.45) is 13.2. The van der Waals surface area contributed by atoms with Crippen LogP contribution in [0.4, 0.5) is 0 Å². The smallest absolute Gasteiger partial charge is 0.0511 e. The Balaban J connectivity index is 3.40. The molecular formula is C14H30Si. The van der Waals surface area contributed by atoms with Crippen LogP contribution in [0.5, 0.6) is 0 Å². The maximum absolute atomic E-state index is 2.53. The summed E-state index contributed by atoms with van der Waals surface area (Å²) in [5.41, 5.74) is 0. The highest BCUT2D eigenvalue weighted by molar-refractivity contribution is 6.77. The van der Waals surface area contributed by atoms with Crippen LogP contribution in [0.3, 0.4) is 0 Å². The average molecular weight is 226 g/mol. The first-order valence-electron chi connectivity index (χ1n) is 6.73. The van der Waals surface area contributed by atoms with Crippen LogP contribution in [-0.4, -0.2) is 8.07 Å². The summed E-state index contributed by atoms with van der Waals surface area (Å²) in [5, 5.41) is 0. The van der Waals surface area contributed by atoms with Gasteiger partial charge in [-0.2, -0.15) is 0 Å². The van der Waals surface area contributed by atoms with Gasteiger partial charge in [0, 0.05) is 0 Å². The van der Waals surface area contributed by atoms with Gasteiger partial charge in [-0.05, 0) is 13.0 Å². The molecule has 0 atom stereocenters. The molecule has 0 N–H and O–H groups in total. The van der Waals surface area contributed by atoms with E-state index in [9.17, 15) is 0 Å². The van der Waals surface area contributed by atoms with Crippen LogP contribution < -0.4 is 0 Å². The second kappa shape index (κ2) is 9.20. The molecule has 0 unspecified atom stereocenters. The molecule has 0 aliphatic carbocycles. The molecule has 0 radical (unpaired) electrons. The number of hydrogen-bond donors (Lipinski definition) is 0. The van der Waals surface area contributed by atoms with Gasteiger partial charge in [0.1, 0.15) is 0 Å². The van der Waals surface area contributed by atoms with Gasteiger partial charge in [0.25, 0.3) is 0 Å². The van der Waals surface area contributed by atoms with Crippen molar-refractivity contribution < 1.29 is 0 Å². The van der Waals surface area contributed by atoms with Gasteiger partial charge in [0.15, 0.2) is 0 Å². The third-order valence-electron chi connectivity index (χ3n) is 3.11. The van der Waals surface area contributed by atoms with E-state index in [-0.39, 0.29) is 0 Å². The summed E-state index contributed by atoms with van der Waals surface area (Å²) in [6.45, 7) is 9.47. The summed E-state index contributed by atoms with van der Waals surface area (Å²) >= 11 is 0. The standard InChI is InChI=1S/C14H30Si/c1-5-7-9-10-11-12-14-15(3,4)13-8-6-2/h6,8H,5,7,9-14H2,1-4H3. The van der Waals surface area contributed by atoms with Crippen molar-refractivity contribution in [2.45, 2.75) is 77.6 Å². The van der Waals surface area contributed by atoms with Gasteiger partial charge in [0.05, 0.1) is 8.07 Å². The maximum Gasteiger partial charge on any atom is 0.0511 e. The molecule has 0 saturated carbocycles. The van der Waals surface area contributed by atoms with E-state index in [4.69, 9.17) is 0 Å². The zero-order valence-corrected chi connectivity index (χ0v) is 12.3. The monoisotopic (exact) mass is 226 g/mol. The van der Waals surface area contributed by atoms with Crippen LogP contribution in [0.2, 0.25) is 25.2 Å². The topological polar surface area (TPSA) is 0 Å². The van der Waals surface area contributed by atoms with E-state index in [0.29, 0.717) is 0 Å². The molecule has 0 fully saturated rings. The van der Waals surface area contributed by atoms with E-state index in [2.05, 4.69) is 39.1 Å². The van der Waals surface area contributed by atoms with Crippen molar-refractivity contribution in [3.63, 3.8) is 0 Å². The molecule has 0 aromatic rings. The van der Waals surface area contributed by atoms with Gasteiger partial charge in [-0.25, -0.2) is 0 Å². The lowest BCUT2D eigenvalue weighted by Crippen LogP contribution is -2.23. The summed E-state index contributed by atoms with van der Waals surface area (Å²) in [6, 6.07) is 2.89. The van der Waals surface area contributed by atoms with E-state index in [1.165, 1.54) is 50.6 Å². The van der Waals surface area contributed by atoms with Crippen molar-refractivity contribution >= 4 is 8.07 Å². The average Bonchev–Trinajstić information content (AvgIpc) is 2.20. The van der Waals surface area contributed by atoms with Crippen molar-refractivity contribution in [2.24, 2.45) is 0 Å². The molecule has 15 heavy (non-hydrogen) atoms. The van der Waals surface area contributed by atoms with Crippen molar-refractivity contribution in [2.75, 3.05) is 0 Å². The zero-order chi connectivity index (χ0) is 11.6. The first kappa shape index (κ1) is 15.0. The van der Waals surface area contributed by atoms with E-state index < -0.39 is 8.07 Å². The highest BCUT2D eigenvalue weighted by atomic mass is 28.3. The maximum atomic E-state index is 2.53. The molecule has 0 heterocycles. The SMILES string of the molecule is CC=CC[Si](C)(C)CCCCCCCC. The van der Waals surface area contributed by atoms with Crippen LogP contribution in [0.15, 0.2) is 12.2 Å². The Hall–Kier alpha value is -0.0431. The third-order valence-corrected chi connectivity index (χ3v) is 6.16. The van der Waals surface area contributed by atoms with Gasteiger partial charge < -0.3 is 0 Å². The molecule has 0 nitrogen and oxygen atoms in total. The second-order valence-electron chi connectivity index (χ2n) is 5.46. The fourth-order valence-corrected chi connectivity index (χ4v) is 4.21. The number of hydrogen-bond acceptors (Lipinski definition) is 0. The predicted molar refractivity (Wildman–Crippen MR) is 75.3 cm³/mol. The van der Waals surface area contributed by atoms with Crippen molar-refractivity contribution in [1.82, 2.24) is 0 Å². The Bertz CT molecular complexity index is 159. The highest BCUT2D eigenvalue weighted by Crippen LogP contribution is 2.20. The predicted octanol–water partition coefficient (Wildman–Crippen LogP) is 5.63. The molecule has 0 aliphatic heterocycles. The molecular weight excluding hydrogens is 196 g/mol. The second-order valence-corrected chi connectivity index (χ2v) is 10.7. The van der Waals surface area contributed by atoms with Gasteiger partial charge in [-0.15, -0.1) is 0 Å². The minimum absolute atomic E-state index is 0.880. The van der Waals surface area contributed by atoms with Gasteiger partial charge >= 0.3 is 0 Å². The molecule has 0 spiro atoms. The Morgan fingerprint density at radius 3 is 2.13 bits per heavy atom. The van der Waals surface area contributed by atoms with E-state index in [0.717, 1.165) is 0 Å². The normalized spacial score (nSPS) is 12.5. The van der Waals surface area contributed by atoms with Crippen LogP contribution in [0, 0.1) is 0 Å².